The van der Waals surface area contributed by atoms with Crippen LogP contribution in [0.2, 0.25) is 0 Å². The summed E-state index contributed by atoms with van der Waals surface area (Å²) in [5.41, 5.74) is 0.843. The third-order valence-electron chi connectivity index (χ3n) is 3.68. The fraction of sp³-hybridized carbons (Fsp3) is 0.562. The Balaban J connectivity index is 1.86. The van der Waals surface area contributed by atoms with E-state index in [4.69, 9.17) is 9.47 Å². The Kier molecular flexibility index (Phi) is 6.02. The molecule has 2 atom stereocenters. The van der Waals surface area contributed by atoms with Crippen LogP contribution in [0.25, 0.3) is 0 Å². The number of hydrogen-bond acceptors (Lipinski definition) is 4. The third-order valence-corrected chi connectivity index (χ3v) is 3.68. The van der Waals surface area contributed by atoms with E-state index in [0.29, 0.717) is 12.6 Å². The van der Waals surface area contributed by atoms with Crippen molar-refractivity contribution >= 4 is 5.97 Å². The van der Waals surface area contributed by atoms with Crippen LogP contribution in [0.5, 0.6) is 0 Å². The zero-order valence-corrected chi connectivity index (χ0v) is 12.0. The van der Waals surface area contributed by atoms with Gasteiger partial charge in [0.1, 0.15) is 0 Å². The summed E-state index contributed by atoms with van der Waals surface area (Å²) in [5.74, 6) is -0.340. The highest BCUT2D eigenvalue weighted by atomic mass is 16.6. The molecule has 1 fully saturated rings. The van der Waals surface area contributed by atoms with Crippen molar-refractivity contribution in [1.29, 1.82) is 0 Å². The van der Waals surface area contributed by atoms with Gasteiger partial charge in [-0.2, -0.15) is 0 Å². The Bertz CT molecular complexity index is 401. The summed E-state index contributed by atoms with van der Waals surface area (Å²) in [6, 6.07) is 10.0. The van der Waals surface area contributed by atoms with E-state index in [1.54, 1.807) is 0 Å². The number of benzene rings is 1. The number of rotatable bonds is 6. The molecule has 2 unspecified atom stereocenters. The first-order chi connectivity index (χ1) is 9.81. The van der Waals surface area contributed by atoms with E-state index < -0.39 is 6.10 Å². The molecule has 1 aromatic carbocycles. The Morgan fingerprint density at radius 3 is 2.80 bits per heavy atom. The van der Waals surface area contributed by atoms with Gasteiger partial charge in [0.15, 0.2) is 6.10 Å². The predicted molar refractivity (Wildman–Crippen MR) is 77.4 cm³/mol. The quantitative estimate of drug-likeness (QED) is 0.811. The lowest BCUT2D eigenvalue weighted by atomic mass is 10.0. The molecule has 4 nitrogen and oxygen atoms in total. The monoisotopic (exact) mass is 277 g/mol. The fourth-order valence-electron chi connectivity index (χ4n) is 2.53. The van der Waals surface area contributed by atoms with Crippen molar-refractivity contribution in [3.05, 3.63) is 35.9 Å². The number of ether oxygens (including phenoxy) is 2. The molecule has 4 heteroatoms. The topological polar surface area (TPSA) is 47.6 Å². The first kappa shape index (κ1) is 15.0. The summed E-state index contributed by atoms with van der Waals surface area (Å²) in [6.45, 7) is 1.65. The van der Waals surface area contributed by atoms with E-state index >= 15 is 0 Å². The number of carbonyl (C=O) groups is 1. The van der Waals surface area contributed by atoms with Crippen LogP contribution < -0.4 is 5.32 Å². The summed E-state index contributed by atoms with van der Waals surface area (Å²) in [7, 11) is 1.39. The number of esters is 1. The molecule has 0 saturated carbocycles. The lowest BCUT2D eigenvalue weighted by Crippen LogP contribution is -2.35. The van der Waals surface area contributed by atoms with Crippen LogP contribution in [-0.4, -0.2) is 32.3 Å². The van der Waals surface area contributed by atoms with Crippen molar-refractivity contribution in [3.63, 3.8) is 0 Å². The SMILES string of the molecule is COC(=O)C(OCCC1CCCCN1)c1ccccc1. The van der Waals surface area contributed by atoms with Gasteiger partial charge in [0.05, 0.1) is 7.11 Å². The highest BCUT2D eigenvalue weighted by Gasteiger charge is 2.22. The second-order valence-electron chi connectivity index (χ2n) is 5.12. The van der Waals surface area contributed by atoms with E-state index in [-0.39, 0.29) is 5.97 Å². The van der Waals surface area contributed by atoms with Gasteiger partial charge < -0.3 is 14.8 Å². The van der Waals surface area contributed by atoms with Crippen LogP contribution in [-0.2, 0) is 14.3 Å². The summed E-state index contributed by atoms with van der Waals surface area (Å²) in [4.78, 5) is 11.8. The maximum absolute atomic E-state index is 11.8. The van der Waals surface area contributed by atoms with Gasteiger partial charge in [-0.1, -0.05) is 36.8 Å². The number of hydrogen-bond donors (Lipinski definition) is 1. The Morgan fingerprint density at radius 2 is 2.15 bits per heavy atom. The van der Waals surface area contributed by atoms with E-state index in [9.17, 15) is 4.79 Å². The summed E-state index contributed by atoms with van der Waals surface area (Å²) < 4.78 is 10.6. The molecular formula is C16H23NO3. The van der Waals surface area contributed by atoms with Crippen LogP contribution >= 0.6 is 0 Å². The lowest BCUT2D eigenvalue weighted by Gasteiger charge is -2.24. The molecule has 0 aromatic heterocycles. The van der Waals surface area contributed by atoms with Gasteiger partial charge in [0, 0.05) is 12.6 Å². The summed E-state index contributed by atoms with van der Waals surface area (Å²) >= 11 is 0. The molecule has 1 saturated heterocycles. The molecule has 0 spiro atoms. The first-order valence-electron chi connectivity index (χ1n) is 7.29. The molecular weight excluding hydrogens is 254 g/mol. The highest BCUT2D eigenvalue weighted by molar-refractivity contribution is 5.76. The zero-order valence-electron chi connectivity index (χ0n) is 12.0. The van der Waals surface area contributed by atoms with Gasteiger partial charge in [0.2, 0.25) is 0 Å². The van der Waals surface area contributed by atoms with Gasteiger partial charge in [-0.05, 0) is 31.4 Å². The Morgan fingerprint density at radius 1 is 1.35 bits per heavy atom. The number of piperidine rings is 1. The average Bonchev–Trinajstić information content (AvgIpc) is 2.53. The standard InChI is InChI=1S/C16H23NO3/c1-19-16(18)15(13-7-3-2-4-8-13)20-12-10-14-9-5-6-11-17-14/h2-4,7-8,14-15,17H,5-6,9-12H2,1H3. The molecule has 1 aliphatic heterocycles. The van der Waals surface area contributed by atoms with Crippen LogP contribution in [0.4, 0.5) is 0 Å². The first-order valence-corrected chi connectivity index (χ1v) is 7.29. The molecule has 1 aliphatic rings. The van der Waals surface area contributed by atoms with Crippen molar-refractivity contribution in [2.45, 2.75) is 37.8 Å². The van der Waals surface area contributed by atoms with Crippen LogP contribution in [0, 0.1) is 0 Å². The van der Waals surface area contributed by atoms with E-state index in [0.717, 1.165) is 18.5 Å². The van der Waals surface area contributed by atoms with Crippen LogP contribution in [0.3, 0.4) is 0 Å². The number of methoxy groups -OCH3 is 1. The molecule has 110 valence electrons. The fourth-order valence-corrected chi connectivity index (χ4v) is 2.53. The van der Waals surface area contributed by atoms with Gasteiger partial charge in [-0.3, -0.25) is 0 Å². The van der Waals surface area contributed by atoms with E-state index in [1.807, 2.05) is 30.3 Å². The van der Waals surface area contributed by atoms with Gasteiger partial charge in [-0.25, -0.2) is 4.79 Å². The normalized spacial score (nSPS) is 20.4. The molecule has 0 bridgehead atoms. The average molecular weight is 277 g/mol. The molecule has 0 amide bonds. The highest BCUT2D eigenvalue weighted by Crippen LogP contribution is 2.20. The minimum absolute atomic E-state index is 0.340. The van der Waals surface area contributed by atoms with Crippen molar-refractivity contribution in [2.75, 3.05) is 20.3 Å². The Hall–Kier alpha value is -1.39. The van der Waals surface area contributed by atoms with Crippen LogP contribution in [0.15, 0.2) is 30.3 Å². The summed E-state index contributed by atoms with van der Waals surface area (Å²) in [6.07, 6.45) is 4.03. The van der Waals surface area contributed by atoms with Crippen molar-refractivity contribution < 1.29 is 14.3 Å². The molecule has 0 radical (unpaired) electrons. The smallest absolute Gasteiger partial charge is 0.339 e. The minimum Gasteiger partial charge on any atom is -0.467 e. The van der Waals surface area contributed by atoms with E-state index in [2.05, 4.69) is 5.32 Å². The maximum Gasteiger partial charge on any atom is 0.339 e. The molecule has 0 aliphatic carbocycles. The number of carbonyl (C=O) groups excluding carboxylic acids is 1. The largest absolute Gasteiger partial charge is 0.467 e. The Labute approximate surface area is 120 Å². The van der Waals surface area contributed by atoms with Crippen molar-refractivity contribution in [3.8, 4) is 0 Å². The number of nitrogens with one attached hydrogen (secondary N) is 1. The van der Waals surface area contributed by atoms with E-state index in [1.165, 1.54) is 26.4 Å². The van der Waals surface area contributed by atoms with Crippen molar-refractivity contribution in [1.82, 2.24) is 5.32 Å². The zero-order chi connectivity index (χ0) is 14.2. The predicted octanol–water partition coefficient (Wildman–Crippen LogP) is 2.45. The van der Waals surface area contributed by atoms with Gasteiger partial charge in [-0.15, -0.1) is 0 Å². The maximum atomic E-state index is 11.8. The summed E-state index contributed by atoms with van der Waals surface area (Å²) in [5, 5.41) is 3.48. The second-order valence-corrected chi connectivity index (χ2v) is 5.12. The van der Waals surface area contributed by atoms with Gasteiger partial charge >= 0.3 is 5.97 Å². The third kappa shape index (κ3) is 4.32. The lowest BCUT2D eigenvalue weighted by molar-refractivity contribution is -0.154. The molecule has 20 heavy (non-hydrogen) atoms. The second kappa shape index (κ2) is 8.02. The van der Waals surface area contributed by atoms with Crippen molar-refractivity contribution in [2.24, 2.45) is 0 Å². The molecule has 1 aromatic rings. The van der Waals surface area contributed by atoms with Gasteiger partial charge in [0.25, 0.3) is 0 Å². The molecule has 1 N–H and O–H groups in total. The minimum atomic E-state index is -0.621. The molecule has 2 rings (SSSR count). The molecule has 1 heterocycles. The van der Waals surface area contributed by atoms with Crippen LogP contribution in [0.1, 0.15) is 37.4 Å².